The summed E-state index contributed by atoms with van der Waals surface area (Å²) in [5, 5.41) is 29.9. The smallest absolute Gasteiger partial charge is 0.123 e. The van der Waals surface area contributed by atoms with Gasteiger partial charge in [-0.3, -0.25) is 0 Å². The third-order valence-corrected chi connectivity index (χ3v) is 4.33. The third kappa shape index (κ3) is 6.70. The van der Waals surface area contributed by atoms with E-state index in [2.05, 4.69) is 32.9 Å². The number of benzene rings is 2. The number of allylic oxidation sites excluding steroid dienone is 4. The lowest BCUT2D eigenvalue weighted by Crippen LogP contribution is -1.88. The average molecular weight is 364 g/mol. The van der Waals surface area contributed by atoms with E-state index in [0.717, 1.165) is 18.4 Å². The molecule has 0 aliphatic heterocycles. The van der Waals surface area contributed by atoms with Crippen LogP contribution < -0.4 is 0 Å². The second-order valence-corrected chi connectivity index (χ2v) is 7.04. The minimum Gasteiger partial charge on any atom is -0.508 e. The Morgan fingerprint density at radius 1 is 0.815 bits per heavy atom. The number of hydrogen-bond donors (Lipinski definition) is 3. The first-order valence-electron chi connectivity index (χ1n) is 9.16. The highest BCUT2D eigenvalue weighted by Gasteiger charge is 2.08. The van der Waals surface area contributed by atoms with Crippen molar-refractivity contribution in [2.75, 3.05) is 0 Å². The third-order valence-electron chi connectivity index (χ3n) is 4.33. The van der Waals surface area contributed by atoms with Crippen molar-refractivity contribution in [2.45, 2.75) is 40.0 Å². The zero-order valence-electron chi connectivity index (χ0n) is 16.2. The first-order valence-corrected chi connectivity index (χ1v) is 9.16. The lowest BCUT2D eigenvalue weighted by atomic mass is 10.0. The predicted octanol–water partition coefficient (Wildman–Crippen LogP) is 6.21. The Labute approximate surface area is 161 Å². The van der Waals surface area contributed by atoms with Gasteiger partial charge in [-0.15, -0.1) is 0 Å². The number of phenolic OH excluding ortho intramolecular Hbond substituents is 3. The van der Waals surface area contributed by atoms with Crippen LogP contribution in [-0.2, 0) is 6.42 Å². The van der Waals surface area contributed by atoms with Gasteiger partial charge < -0.3 is 15.3 Å². The van der Waals surface area contributed by atoms with Gasteiger partial charge >= 0.3 is 0 Å². The van der Waals surface area contributed by atoms with Gasteiger partial charge in [0.15, 0.2) is 0 Å². The summed E-state index contributed by atoms with van der Waals surface area (Å²) >= 11 is 0. The minimum atomic E-state index is 0.0914. The van der Waals surface area contributed by atoms with Crippen molar-refractivity contribution in [2.24, 2.45) is 0 Å². The van der Waals surface area contributed by atoms with Crippen molar-refractivity contribution in [1.82, 2.24) is 0 Å². The first-order chi connectivity index (χ1) is 12.8. The number of phenols is 3. The molecule has 2 rings (SSSR count). The maximum Gasteiger partial charge on any atom is 0.123 e. The number of aromatic hydroxyl groups is 3. The first kappa shape index (κ1) is 20.4. The van der Waals surface area contributed by atoms with E-state index in [-0.39, 0.29) is 17.2 Å². The van der Waals surface area contributed by atoms with Crippen molar-refractivity contribution >= 4 is 12.2 Å². The highest BCUT2D eigenvalue weighted by molar-refractivity contribution is 5.72. The summed E-state index contributed by atoms with van der Waals surface area (Å²) in [5.41, 5.74) is 4.73. The lowest BCUT2D eigenvalue weighted by molar-refractivity contribution is 0.440. The van der Waals surface area contributed by atoms with E-state index in [0.29, 0.717) is 17.5 Å². The van der Waals surface area contributed by atoms with Crippen LogP contribution in [0.3, 0.4) is 0 Å². The SMILES string of the molecule is CC(C)=CCC/C(C)=C/Cc1c(O)cc(C=Cc2ccc(O)cc2)cc1O. The maximum atomic E-state index is 10.3. The van der Waals surface area contributed by atoms with Crippen LogP contribution >= 0.6 is 0 Å². The van der Waals surface area contributed by atoms with Gasteiger partial charge in [-0.25, -0.2) is 0 Å². The summed E-state index contributed by atoms with van der Waals surface area (Å²) in [4.78, 5) is 0. The number of hydrogen-bond acceptors (Lipinski definition) is 3. The fraction of sp³-hybridized carbons (Fsp3) is 0.250. The second kappa shape index (κ2) is 9.67. The van der Waals surface area contributed by atoms with Crippen LogP contribution in [-0.4, -0.2) is 15.3 Å². The van der Waals surface area contributed by atoms with Crippen LogP contribution in [0, 0.1) is 0 Å². The summed E-state index contributed by atoms with van der Waals surface area (Å²) in [6, 6.07) is 10.1. The molecule has 0 amide bonds. The molecule has 0 unspecified atom stereocenters. The Kier molecular flexibility index (Phi) is 7.30. The van der Waals surface area contributed by atoms with Crippen molar-refractivity contribution in [1.29, 1.82) is 0 Å². The van der Waals surface area contributed by atoms with E-state index in [4.69, 9.17) is 0 Å². The quantitative estimate of drug-likeness (QED) is 0.404. The van der Waals surface area contributed by atoms with E-state index < -0.39 is 0 Å². The molecule has 0 aromatic heterocycles. The number of rotatable bonds is 7. The Balaban J connectivity index is 2.07. The molecule has 0 aliphatic carbocycles. The molecular weight excluding hydrogens is 336 g/mol. The van der Waals surface area contributed by atoms with E-state index >= 15 is 0 Å². The predicted molar refractivity (Wildman–Crippen MR) is 113 cm³/mol. The van der Waals surface area contributed by atoms with Gasteiger partial charge in [-0.2, -0.15) is 0 Å². The van der Waals surface area contributed by atoms with Crippen molar-refractivity contribution in [3.8, 4) is 17.2 Å². The van der Waals surface area contributed by atoms with E-state index in [1.165, 1.54) is 11.1 Å². The molecule has 0 aliphatic rings. The lowest BCUT2D eigenvalue weighted by Gasteiger charge is -2.08. The molecule has 3 nitrogen and oxygen atoms in total. The highest BCUT2D eigenvalue weighted by atomic mass is 16.3. The molecule has 0 saturated heterocycles. The zero-order chi connectivity index (χ0) is 19.8. The van der Waals surface area contributed by atoms with Gasteiger partial charge in [0.05, 0.1) is 0 Å². The van der Waals surface area contributed by atoms with Gasteiger partial charge in [0.25, 0.3) is 0 Å². The standard InChI is InChI=1S/C24H28O3/c1-17(2)5-4-6-18(3)7-14-22-23(26)15-20(16-24(22)27)9-8-19-10-12-21(25)13-11-19/h5,7-13,15-16,25-27H,4,6,14H2,1-3H3/b9-8?,18-7+. The summed E-state index contributed by atoms with van der Waals surface area (Å²) in [6.07, 6.45) is 10.4. The van der Waals surface area contributed by atoms with Crippen LogP contribution in [0.1, 0.15) is 50.3 Å². The van der Waals surface area contributed by atoms with Crippen LogP contribution in [0.5, 0.6) is 17.2 Å². The normalized spacial score (nSPS) is 11.7. The van der Waals surface area contributed by atoms with Gasteiger partial charge in [0.1, 0.15) is 17.2 Å². The van der Waals surface area contributed by atoms with E-state index in [1.54, 1.807) is 36.4 Å². The molecule has 0 heterocycles. The topological polar surface area (TPSA) is 60.7 Å². The fourth-order valence-electron chi connectivity index (χ4n) is 2.71. The fourth-order valence-corrected chi connectivity index (χ4v) is 2.71. The van der Waals surface area contributed by atoms with Crippen molar-refractivity contribution in [3.63, 3.8) is 0 Å². The molecule has 0 fully saturated rings. The van der Waals surface area contributed by atoms with Gasteiger partial charge in [0.2, 0.25) is 0 Å². The minimum absolute atomic E-state index is 0.0914. The second-order valence-electron chi connectivity index (χ2n) is 7.04. The molecule has 27 heavy (non-hydrogen) atoms. The molecule has 0 spiro atoms. The molecule has 0 radical (unpaired) electrons. The van der Waals surface area contributed by atoms with E-state index in [1.807, 2.05) is 12.2 Å². The molecular formula is C24H28O3. The van der Waals surface area contributed by atoms with E-state index in [9.17, 15) is 15.3 Å². The Bertz CT molecular complexity index is 829. The molecule has 0 saturated carbocycles. The molecule has 2 aromatic rings. The molecule has 3 heteroatoms. The summed E-state index contributed by atoms with van der Waals surface area (Å²) in [7, 11) is 0. The largest absolute Gasteiger partial charge is 0.508 e. The molecule has 3 N–H and O–H groups in total. The Morgan fingerprint density at radius 3 is 2.00 bits per heavy atom. The molecule has 0 bridgehead atoms. The molecule has 2 aromatic carbocycles. The van der Waals surface area contributed by atoms with Crippen LogP contribution in [0.4, 0.5) is 0 Å². The van der Waals surface area contributed by atoms with Gasteiger partial charge in [0, 0.05) is 5.56 Å². The van der Waals surface area contributed by atoms with Crippen molar-refractivity contribution in [3.05, 3.63) is 76.4 Å². The van der Waals surface area contributed by atoms with Crippen LogP contribution in [0.25, 0.3) is 12.2 Å². The summed E-state index contributed by atoms with van der Waals surface area (Å²) < 4.78 is 0. The highest BCUT2D eigenvalue weighted by Crippen LogP contribution is 2.31. The summed E-state index contributed by atoms with van der Waals surface area (Å²) in [5.74, 6) is 0.401. The monoisotopic (exact) mass is 364 g/mol. The van der Waals surface area contributed by atoms with Crippen LogP contribution in [0.15, 0.2) is 59.7 Å². The zero-order valence-corrected chi connectivity index (χ0v) is 16.2. The maximum absolute atomic E-state index is 10.3. The summed E-state index contributed by atoms with van der Waals surface area (Å²) in [6.45, 7) is 6.25. The molecule has 0 atom stereocenters. The Hall–Kier alpha value is -2.94. The van der Waals surface area contributed by atoms with Crippen LogP contribution in [0.2, 0.25) is 0 Å². The van der Waals surface area contributed by atoms with Gasteiger partial charge in [-0.1, -0.05) is 47.6 Å². The molecule has 142 valence electrons. The average Bonchev–Trinajstić information content (AvgIpc) is 2.60. The van der Waals surface area contributed by atoms with Gasteiger partial charge in [-0.05, 0) is 75.4 Å². The van der Waals surface area contributed by atoms with Crippen molar-refractivity contribution < 1.29 is 15.3 Å². The Morgan fingerprint density at radius 2 is 1.41 bits per heavy atom.